The summed E-state index contributed by atoms with van der Waals surface area (Å²) in [5.41, 5.74) is 11.0. The summed E-state index contributed by atoms with van der Waals surface area (Å²) in [6.07, 6.45) is 0.217. The molecule has 3 rings (SSSR count). The molecule has 3 heterocycles. The van der Waals surface area contributed by atoms with E-state index < -0.39 is 187 Å². The molecule has 0 unspecified atom stereocenters. The summed E-state index contributed by atoms with van der Waals surface area (Å²) in [6.45, 7) is 14.2. The number of carboxylic acids is 3. The molecule has 506 valence electrons. The SMILES string of the molecule is CC(C)C[C@H](NC(=O)[C@H](CC(C)C)NC(=O)[C@@H]1CCCN1C(=O)[C@@H](NC(=O)[C@@H]1CCCN1C(=O)[C@H](CCC(=O)O)NC(=O)[C@H](C)NC(=O)[C@H](C)NC(=O)[C@@H]1CCCN1)C(C)C)C(=O)N[C@@H](CCCCN)C(=O)N[C@@H](CCC(N)=O)C(=O)N[C@@H](CC(=O)O)C(=O)O. The quantitative estimate of drug-likeness (QED) is 0.0269. The van der Waals surface area contributed by atoms with Crippen LogP contribution < -0.4 is 64.6 Å². The van der Waals surface area contributed by atoms with Crippen molar-refractivity contribution in [3.8, 4) is 0 Å². The second-order valence-corrected chi connectivity index (χ2v) is 24.5. The van der Waals surface area contributed by atoms with Crippen LogP contribution in [0.25, 0.3) is 0 Å². The molecule has 0 aromatic heterocycles. The summed E-state index contributed by atoms with van der Waals surface area (Å²) in [7, 11) is 0. The lowest BCUT2D eigenvalue weighted by Crippen LogP contribution is -2.61. The molecule has 90 heavy (non-hydrogen) atoms. The minimum atomic E-state index is -1.91. The number of nitrogens with one attached hydrogen (secondary N) is 10. The van der Waals surface area contributed by atoms with Crippen molar-refractivity contribution in [3.05, 3.63) is 0 Å². The van der Waals surface area contributed by atoms with E-state index in [0.29, 0.717) is 32.2 Å². The van der Waals surface area contributed by atoms with Gasteiger partial charge < -0.3 is 89.8 Å². The molecule has 0 saturated carbocycles. The fourth-order valence-electron chi connectivity index (χ4n) is 10.7. The van der Waals surface area contributed by atoms with Gasteiger partial charge in [0.05, 0.1) is 12.5 Å². The van der Waals surface area contributed by atoms with Crippen LogP contribution >= 0.6 is 0 Å². The molecular formula is C58H96N14O18. The second-order valence-electron chi connectivity index (χ2n) is 24.5. The average molecular weight is 1280 g/mol. The van der Waals surface area contributed by atoms with Gasteiger partial charge >= 0.3 is 17.9 Å². The topological polar surface area (TPSA) is 496 Å². The molecule has 0 bridgehead atoms. The standard InChI is InChI=1S/C58H96N14O18/c1-29(2)26-38(52(83)64-35(14-9-10-22-59)50(81)65-36(18-20-43(60)73)51(82)69-40(58(89)90)28-45(76)77)67-53(84)39(27-30(3)4)68-54(85)41-16-13-25-72(41)57(88)46(31(5)6)70-55(86)42-17-12-24-71(42)56(87)37(19-21-44(74)75)66-48(79)33(8)62-47(78)32(7)63-49(80)34-15-11-23-61-34/h29-42,46,61H,9-28,59H2,1-8H3,(H2,60,73)(H,62,78)(H,63,80)(H,64,83)(H,65,81)(H,66,79)(H,67,84)(H,68,85)(H,69,82)(H,70,86)(H,74,75)(H,76,77)(H,89,90)/t32-,33-,34-,35-,36-,37-,38-,39-,40-,41-,42-,46-/m0/s1. The van der Waals surface area contributed by atoms with Gasteiger partial charge in [-0.25, -0.2) is 4.79 Å². The fourth-order valence-corrected chi connectivity index (χ4v) is 10.7. The summed E-state index contributed by atoms with van der Waals surface area (Å²) in [5, 5.41) is 54.3. The zero-order valence-corrected chi connectivity index (χ0v) is 52.8. The summed E-state index contributed by atoms with van der Waals surface area (Å²) in [5.74, 6) is -14.9. The number of aliphatic carboxylic acids is 3. The maximum Gasteiger partial charge on any atom is 0.326 e. The molecule has 0 aromatic carbocycles. The molecule has 3 fully saturated rings. The highest BCUT2D eigenvalue weighted by atomic mass is 16.4. The van der Waals surface area contributed by atoms with Gasteiger partial charge in [-0.05, 0) is 128 Å². The third kappa shape index (κ3) is 24.7. The maximum absolute atomic E-state index is 14.6. The molecule has 3 aliphatic rings. The lowest BCUT2D eigenvalue weighted by Gasteiger charge is -2.33. The van der Waals surface area contributed by atoms with Crippen LogP contribution in [0.5, 0.6) is 0 Å². The van der Waals surface area contributed by atoms with Crippen LogP contribution in [0.2, 0.25) is 0 Å². The Morgan fingerprint density at radius 2 is 0.944 bits per heavy atom. The number of rotatable bonds is 38. The molecule has 12 atom stereocenters. The van der Waals surface area contributed by atoms with Crippen LogP contribution in [0.4, 0.5) is 0 Å². The highest BCUT2D eigenvalue weighted by Gasteiger charge is 2.44. The zero-order valence-electron chi connectivity index (χ0n) is 52.8. The smallest absolute Gasteiger partial charge is 0.326 e. The number of hydrogen-bond acceptors (Lipinski definition) is 17. The van der Waals surface area contributed by atoms with E-state index in [1.54, 1.807) is 41.5 Å². The number of nitrogens with two attached hydrogens (primary N) is 2. The van der Waals surface area contributed by atoms with Crippen molar-refractivity contribution < 1.29 is 87.2 Å². The van der Waals surface area contributed by atoms with E-state index >= 15 is 0 Å². The van der Waals surface area contributed by atoms with E-state index in [1.807, 2.05) is 5.32 Å². The first-order valence-electron chi connectivity index (χ1n) is 31.0. The predicted octanol–water partition coefficient (Wildman–Crippen LogP) is -3.31. The lowest BCUT2D eigenvalue weighted by molar-refractivity contribution is -0.147. The first kappa shape index (κ1) is 76.2. The van der Waals surface area contributed by atoms with E-state index in [0.717, 1.165) is 6.42 Å². The summed E-state index contributed by atoms with van der Waals surface area (Å²) in [6, 6.07) is -15.3. The van der Waals surface area contributed by atoms with Crippen molar-refractivity contribution in [1.29, 1.82) is 0 Å². The Morgan fingerprint density at radius 1 is 0.478 bits per heavy atom. The van der Waals surface area contributed by atoms with Crippen LogP contribution in [-0.2, 0) is 71.9 Å². The number of carbonyl (C=O) groups excluding carboxylic acids is 12. The molecule has 32 nitrogen and oxygen atoms in total. The van der Waals surface area contributed by atoms with Gasteiger partial charge in [0.15, 0.2) is 0 Å². The minimum absolute atomic E-state index is 0.0188. The highest BCUT2D eigenvalue weighted by Crippen LogP contribution is 2.24. The van der Waals surface area contributed by atoms with Crippen molar-refractivity contribution in [1.82, 2.24) is 63.0 Å². The van der Waals surface area contributed by atoms with Gasteiger partial charge in [-0.2, -0.15) is 0 Å². The molecule has 0 radical (unpaired) electrons. The Morgan fingerprint density at radius 3 is 1.43 bits per heavy atom. The Bertz CT molecular complexity index is 2580. The molecule has 17 N–H and O–H groups in total. The number of unbranched alkanes of at least 4 members (excludes halogenated alkanes) is 1. The minimum Gasteiger partial charge on any atom is -0.481 e. The van der Waals surface area contributed by atoms with Crippen LogP contribution in [0.3, 0.4) is 0 Å². The van der Waals surface area contributed by atoms with E-state index in [4.69, 9.17) is 11.5 Å². The number of hydrogen-bond donors (Lipinski definition) is 15. The summed E-state index contributed by atoms with van der Waals surface area (Å²) in [4.78, 5) is 201. The monoisotopic (exact) mass is 1280 g/mol. The average Bonchev–Trinajstić information content (AvgIpc) is 1.70. The number of likely N-dealkylation sites (tertiary alicyclic amines) is 2. The van der Waals surface area contributed by atoms with Crippen LogP contribution in [-0.4, -0.2) is 213 Å². The van der Waals surface area contributed by atoms with Crippen LogP contribution in [0.15, 0.2) is 0 Å². The van der Waals surface area contributed by atoms with Crippen LogP contribution in [0.1, 0.15) is 158 Å². The molecule has 32 heteroatoms. The summed E-state index contributed by atoms with van der Waals surface area (Å²) >= 11 is 0. The third-order valence-electron chi connectivity index (χ3n) is 15.6. The largest absolute Gasteiger partial charge is 0.481 e. The lowest BCUT2D eigenvalue weighted by atomic mass is 9.99. The third-order valence-corrected chi connectivity index (χ3v) is 15.6. The number of carboxylic acid groups (broad SMARTS) is 3. The van der Waals surface area contributed by atoms with Crippen molar-refractivity contribution in [2.75, 3.05) is 26.2 Å². The molecule has 12 amide bonds. The normalized spacial score (nSPS) is 19.4. The first-order valence-corrected chi connectivity index (χ1v) is 31.0. The summed E-state index contributed by atoms with van der Waals surface area (Å²) < 4.78 is 0. The molecule has 0 aliphatic carbocycles. The molecule has 0 spiro atoms. The number of carbonyl (C=O) groups is 15. The zero-order chi connectivity index (χ0) is 67.7. The van der Waals surface area contributed by atoms with Gasteiger partial charge in [0, 0.05) is 25.9 Å². The highest BCUT2D eigenvalue weighted by molar-refractivity contribution is 6.00. The number of amides is 12. The van der Waals surface area contributed by atoms with Crippen LogP contribution in [0, 0.1) is 17.8 Å². The van der Waals surface area contributed by atoms with Gasteiger partial charge in [0.1, 0.15) is 66.5 Å². The number of nitrogens with zero attached hydrogens (tertiary/aromatic N) is 2. The van der Waals surface area contributed by atoms with Crippen molar-refractivity contribution >= 4 is 88.8 Å². The van der Waals surface area contributed by atoms with Crippen molar-refractivity contribution in [3.63, 3.8) is 0 Å². The van der Waals surface area contributed by atoms with Gasteiger partial charge in [-0.15, -0.1) is 0 Å². The fraction of sp³-hybridized carbons (Fsp3) is 0.741. The van der Waals surface area contributed by atoms with Gasteiger partial charge in [-0.1, -0.05) is 41.5 Å². The Kier molecular flexibility index (Phi) is 31.5. The van der Waals surface area contributed by atoms with Gasteiger partial charge in [0.25, 0.3) is 0 Å². The Labute approximate surface area is 523 Å². The molecule has 3 saturated heterocycles. The van der Waals surface area contributed by atoms with E-state index in [-0.39, 0.29) is 82.3 Å². The Hall–Kier alpha value is -8.03. The van der Waals surface area contributed by atoms with Crippen molar-refractivity contribution in [2.45, 2.75) is 231 Å². The molecular weight excluding hydrogens is 1180 g/mol. The molecule has 0 aromatic rings. The Balaban J connectivity index is 1.79. The predicted molar refractivity (Wildman–Crippen MR) is 321 cm³/mol. The first-order chi connectivity index (χ1) is 42.3. The van der Waals surface area contributed by atoms with Gasteiger partial charge in [-0.3, -0.25) is 67.1 Å². The van der Waals surface area contributed by atoms with Gasteiger partial charge in [0.2, 0.25) is 70.9 Å². The second kappa shape index (κ2) is 37.2. The van der Waals surface area contributed by atoms with E-state index in [9.17, 15) is 87.2 Å². The van der Waals surface area contributed by atoms with E-state index in [2.05, 4.69) is 47.9 Å². The molecule has 3 aliphatic heterocycles. The number of primary amides is 1. The van der Waals surface area contributed by atoms with E-state index in [1.165, 1.54) is 23.6 Å². The maximum atomic E-state index is 14.6. The van der Waals surface area contributed by atoms with Crippen molar-refractivity contribution in [2.24, 2.45) is 29.2 Å².